The van der Waals surface area contributed by atoms with E-state index in [4.69, 9.17) is 16.6 Å². The average Bonchev–Trinajstić information content (AvgIpc) is 2.82. The van der Waals surface area contributed by atoms with Crippen molar-refractivity contribution in [2.24, 2.45) is 4.99 Å². The second kappa shape index (κ2) is 13.2. The molecule has 1 aliphatic rings. The molecule has 0 N–H and O–H groups in total. The van der Waals surface area contributed by atoms with E-state index in [9.17, 15) is 9.59 Å². The second-order valence-corrected chi connectivity index (χ2v) is 8.66. The lowest BCUT2D eigenvalue weighted by atomic mass is 9.85. The maximum atomic E-state index is 12.6. The number of hydrogen-bond donors (Lipinski definition) is 0. The summed E-state index contributed by atoms with van der Waals surface area (Å²) in [6.45, 7) is 7.87. The van der Waals surface area contributed by atoms with Gasteiger partial charge in [-0.2, -0.15) is 0 Å². The molecule has 0 saturated heterocycles. The highest BCUT2D eigenvalue weighted by atomic mass is 35.5. The van der Waals surface area contributed by atoms with Crippen molar-refractivity contribution in [3.05, 3.63) is 71.3 Å². The van der Waals surface area contributed by atoms with E-state index in [0.29, 0.717) is 10.6 Å². The summed E-state index contributed by atoms with van der Waals surface area (Å²) >= 11 is 6.20. The van der Waals surface area contributed by atoms with E-state index in [0.717, 1.165) is 75.3 Å². The second-order valence-electron chi connectivity index (χ2n) is 8.22. The van der Waals surface area contributed by atoms with Crippen molar-refractivity contribution in [2.75, 3.05) is 0 Å². The topological polar surface area (TPSA) is 49.7 Å². The Morgan fingerprint density at radius 2 is 1.84 bits per heavy atom. The SMILES string of the molecule is C=C\C=C(Cl)/C=C/C(CC)=N/C1(N(C=O)[C@H](CCC)c2ccc(C=O)cc2)CCCCC1. The molecule has 0 aromatic heterocycles. The number of allylic oxidation sites excluding steroid dienone is 5. The third kappa shape index (κ3) is 6.77. The number of carbonyl (C=O) groups excluding carboxylic acids is 2. The molecule has 4 nitrogen and oxygen atoms in total. The number of amides is 1. The Morgan fingerprint density at radius 3 is 2.38 bits per heavy atom. The molecule has 172 valence electrons. The van der Waals surface area contributed by atoms with Gasteiger partial charge in [0.25, 0.3) is 0 Å². The van der Waals surface area contributed by atoms with Gasteiger partial charge in [-0.15, -0.1) is 0 Å². The van der Waals surface area contributed by atoms with Crippen LogP contribution in [0.5, 0.6) is 0 Å². The van der Waals surface area contributed by atoms with Crippen LogP contribution in [0.3, 0.4) is 0 Å². The van der Waals surface area contributed by atoms with Gasteiger partial charge in [0.1, 0.15) is 11.9 Å². The van der Waals surface area contributed by atoms with Gasteiger partial charge in [0, 0.05) is 16.3 Å². The van der Waals surface area contributed by atoms with Crippen LogP contribution in [0.2, 0.25) is 0 Å². The summed E-state index contributed by atoms with van der Waals surface area (Å²) in [5.74, 6) is 0. The maximum Gasteiger partial charge on any atom is 0.212 e. The lowest BCUT2D eigenvalue weighted by Gasteiger charge is -2.46. The van der Waals surface area contributed by atoms with Crippen molar-refractivity contribution in [1.29, 1.82) is 0 Å². The van der Waals surface area contributed by atoms with Crippen molar-refractivity contribution in [1.82, 2.24) is 4.90 Å². The van der Waals surface area contributed by atoms with Gasteiger partial charge in [0.2, 0.25) is 6.41 Å². The largest absolute Gasteiger partial charge is 0.313 e. The Labute approximate surface area is 197 Å². The lowest BCUT2D eigenvalue weighted by Crippen LogP contribution is -2.50. The zero-order valence-electron chi connectivity index (χ0n) is 19.3. The summed E-state index contributed by atoms with van der Waals surface area (Å²) < 4.78 is 0. The van der Waals surface area contributed by atoms with E-state index in [2.05, 4.69) is 20.4 Å². The molecule has 1 aliphatic carbocycles. The number of carbonyl (C=O) groups is 2. The molecule has 5 heteroatoms. The number of benzene rings is 1. The first-order chi connectivity index (χ1) is 15.5. The van der Waals surface area contributed by atoms with E-state index in [1.165, 1.54) is 0 Å². The van der Waals surface area contributed by atoms with Crippen LogP contribution in [0.25, 0.3) is 0 Å². The summed E-state index contributed by atoms with van der Waals surface area (Å²) in [6.07, 6.45) is 16.4. The third-order valence-corrected chi connectivity index (χ3v) is 6.28. The minimum atomic E-state index is -0.576. The van der Waals surface area contributed by atoms with Gasteiger partial charge < -0.3 is 4.90 Å². The number of hydrogen-bond acceptors (Lipinski definition) is 3. The number of aliphatic imine (C=N–C) groups is 1. The highest BCUT2D eigenvalue weighted by Gasteiger charge is 2.41. The van der Waals surface area contributed by atoms with Crippen LogP contribution in [-0.2, 0) is 4.79 Å². The van der Waals surface area contributed by atoms with Crippen LogP contribution in [0.4, 0.5) is 0 Å². The Bertz CT molecular complexity index is 849. The van der Waals surface area contributed by atoms with Crippen LogP contribution >= 0.6 is 11.6 Å². The highest BCUT2D eigenvalue weighted by molar-refractivity contribution is 6.31. The van der Waals surface area contributed by atoms with Crippen LogP contribution in [0, 0.1) is 0 Å². The smallest absolute Gasteiger partial charge is 0.212 e. The molecule has 1 fully saturated rings. The van der Waals surface area contributed by atoms with Gasteiger partial charge in [0.15, 0.2) is 0 Å². The third-order valence-electron chi connectivity index (χ3n) is 6.03. The fourth-order valence-electron chi connectivity index (χ4n) is 4.39. The monoisotopic (exact) mass is 454 g/mol. The minimum Gasteiger partial charge on any atom is -0.313 e. The summed E-state index contributed by atoms with van der Waals surface area (Å²) in [7, 11) is 0. The highest BCUT2D eigenvalue weighted by Crippen LogP contribution is 2.41. The molecular formula is C27H35ClN2O2. The van der Waals surface area contributed by atoms with Crippen LogP contribution in [0.15, 0.2) is 65.2 Å². The number of rotatable bonds is 12. The normalized spacial score (nSPS) is 17.7. The average molecular weight is 455 g/mol. The molecular weight excluding hydrogens is 420 g/mol. The van der Waals surface area contributed by atoms with Gasteiger partial charge in [-0.25, -0.2) is 0 Å². The predicted molar refractivity (Wildman–Crippen MR) is 134 cm³/mol. The molecule has 0 spiro atoms. The van der Waals surface area contributed by atoms with Crippen molar-refractivity contribution in [3.63, 3.8) is 0 Å². The summed E-state index contributed by atoms with van der Waals surface area (Å²) in [6, 6.07) is 7.46. The fourth-order valence-corrected chi connectivity index (χ4v) is 4.54. The molecule has 32 heavy (non-hydrogen) atoms. The summed E-state index contributed by atoms with van der Waals surface area (Å²) in [5.41, 5.74) is 2.01. The van der Waals surface area contributed by atoms with E-state index in [-0.39, 0.29) is 6.04 Å². The number of aldehydes is 1. The van der Waals surface area contributed by atoms with Crippen LogP contribution in [-0.4, -0.2) is 29.0 Å². The van der Waals surface area contributed by atoms with E-state index < -0.39 is 5.66 Å². The van der Waals surface area contributed by atoms with Crippen LogP contribution in [0.1, 0.15) is 87.2 Å². The quantitative estimate of drug-likeness (QED) is 0.191. The Kier molecular flexibility index (Phi) is 10.6. The van der Waals surface area contributed by atoms with Gasteiger partial charge >= 0.3 is 0 Å². The van der Waals surface area contributed by atoms with Crippen molar-refractivity contribution in [2.45, 2.75) is 76.9 Å². The Hall–Kier alpha value is -2.46. The number of nitrogens with zero attached hydrogens (tertiary/aromatic N) is 2. The zero-order chi connectivity index (χ0) is 23.4. The summed E-state index contributed by atoms with van der Waals surface area (Å²) in [5, 5.41) is 0.588. The van der Waals surface area contributed by atoms with Crippen molar-refractivity contribution in [3.8, 4) is 0 Å². The van der Waals surface area contributed by atoms with Crippen molar-refractivity contribution >= 4 is 30.0 Å². The maximum absolute atomic E-state index is 12.6. The Morgan fingerprint density at radius 1 is 1.16 bits per heavy atom. The molecule has 1 amide bonds. The molecule has 0 aliphatic heterocycles. The van der Waals surface area contributed by atoms with Crippen LogP contribution < -0.4 is 0 Å². The van der Waals surface area contributed by atoms with Crippen molar-refractivity contribution < 1.29 is 9.59 Å². The fraction of sp³-hybridized carbons (Fsp3) is 0.444. The van der Waals surface area contributed by atoms with E-state index in [1.54, 1.807) is 12.2 Å². The van der Waals surface area contributed by atoms with Gasteiger partial charge in [0.05, 0.1) is 6.04 Å². The number of halogens is 1. The predicted octanol–water partition coefficient (Wildman–Crippen LogP) is 7.18. The molecule has 2 rings (SSSR count). The zero-order valence-corrected chi connectivity index (χ0v) is 20.1. The molecule has 0 unspecified atom stereocenters. The molecule has 1 saturated carbocycles. The first-order valence-corrected chi connectivity index (χ1v) is 11.9. The molecule has 0 heterocycles. The standard InChI is InChI=1S/C27H35ClN2O2/c1-4-10-24(28)16-17-25(6-3)29-27(18-8-7-9-19-27)30(21-32)26(11-5-2)23-14-12-22(20-31)13-15-23/h4,10,12-17,20-21,26H,1,5-9,11,18-19H2,2-3H3/b17-16+,24-10+,29-25+/t26-/m1/s1. The molecule has 0 bridgehead atoms. The van der Waals surface area contributed by atoms with Gasteiger partial charge in [-0.1, -0.05) is 75.2 Å². The first kappa shape index (κ1) is 25.8. The van der Waals surface area contributed by atoms with Gasteiger partial charge in [-0.3, -0.25) is 14.6 Å². The summed E-state index contributed by atoms with van der Waals surface area (Å²) in [4.78, 5) is 30.8. The minimum absolute atomic E-state index is 0.0913. The van der Waals surface area contributed by atoms with Gasteiger partial charge in [-0.05, 0) is 62.3 Å². The molecule has 1 atom stereocenters. The van der Waals surface area contributed by atoms with E-state index >= 15 is 0 Å². The Balaban J connectivity index is 2.51. The first-order valence-electron chi connectivity index (χ1n) is 11.6. The lowest BCUT2D eigenvalue weighted by molar-refractivity contribution is -0.129. The van der Waals surface area contributed by atoms with E-state index in [1.807, 2.05) is 41.3 Å². The molecule has 1 aromatic rings. The molecule has 0 radical (unpaired) electrons. The molecule has 1 aromatic carbocycles.